The predicted octanol–water partition coefficient (Wildman–Crippen LogP) is 9.40. The van der Waals surface area contributed by atoms with E-state index in [-0.39, 0.29) is 0 Å². The minimum absolute atomic E-state index is 0.618. The van der Waals surface area contributed by atoms with Gasteiger partial charge in [0.15, 0.2) is 0 Å². The molecule has 0 spiro atoms. The Kier molecular flexibility index (Phi) is 4.17. The van der Waals surface area contributed by atoms with Crippen LogP contribution in [0.2, 0.25) is 0 Å². The first-order chi connectivity index (χ1) is 18.3. The molecule has 7 aromatic rings. The maximum atomic E-state index is 4.63. The van der Waals surface area contributed by atoms with Crippen LogP contribution in [0.1, 0.15) is 6.92 Å². The lowest BCUT2D eigenvalue weighted by Crippen LogP contribution is -2.08. The fourth-order valence-electron chi connectivity index (χ4n) is 6.15. The molecule has 0 N–H and O–H groups in total. The molecule has 0 saturated heterocycles. The maximum Gasteiger partial charge on any atom is 0.234 e. The molecular formula is C33H21N3S. The van der Waals surface area contributed by atoms with E-state index in [1.165, 1.54) is 64.0 Å². The Hall–Kier alpha value is -4.54. The van der Waals surface area contributed by atoms with Crippen LogP contribution in [0.4, 0.5) is 0 Å². The maximum absolute atomic E-state index is 4.63. The van der Waals surface area contributed by atoms with Crippen molar-refractivity contribution in [1.82, 2.24) is 4.57 Å². The summed E-state index contributed by atoms with van der Waals surface area (Å²) >= 11 is 1.87. The van der Waals surface area contributed by atoms with Gasteiger partial charge in [0.2, 0.25) is 5.96 Å². The average molecular weight is 492 g/mol. The summed E-state index contributed by atoms with van der Waals surface area (Å²) in [5.74, 6) is 0.618. The standard InChI is InChI=1S/C33H21N3S/c1-3-34-33(35-4-2)36-26-13-8-12-22-24-18-29-25(20-10-5-6-14-28(20)37-29)17-23(24)21-11-7-9-19-15-16-27(36)32(30(19)21)31(22)26/h3-18H,1H2,2H3/b34-33+,35-4-. The van der Waals surface area contributed by atoms with Gasteiger partial charge in [-0.15, -0.1) is 11.3 Å². The summed E-state index contributed by atoms with van der Waals surface area (Å²) < 4.78 is 4.82. The zero-order valence-corrected chi connectivity index (χ0v) is 21.0. The molecular weight excluding hydrogens is 470 g/mol. The molecule has 0 unspecified atom stereocenters. The zero-order valence-electron chi connectivity index (χ0n) is 20.2. The Morgan fingerprint density at radius 3 is 2.38 bits per heavy atom. The van der Waals surface area contributed by atoms with E-state index in [1.54, 1.807) is 12.4 Å². The molecule has 5 aromatic carbocycles. The third-order valence-corrected chi connectivity index (χ3v) is 8.68. The van der Waals surface area contributed by atoms with Gasteiger partial charge in [-0.25, -0.2) is 9.98 Å². The quantitative estimate of drug-likeness (QED) is 0.162. The number of benzene rings is 5. The highest BCUT2D eigenvalue weighted by Gasteiger charge is 2.26. The minimum Gasteiger partial charge on any atom is -0.278 e. The van der Waals surface area contributed by atoms with E-state index in [0.29, 0.717) is 5.96 Å². The summed E-state index contributed by atoms with van der Waals surface area (Å²) in [5.41, 5.74) is 7.29. The van der Waals surface area contributed by atoms with Crippen LogP contribution in [0, 0.1) is 0 Å². The molecule has 8 rings (SSSR count). The fourth-order valence-corrected chi connectivity index (χ4v) is 7.28. The molecule has 0 fully saturated rings. The van der Waals surface area contributed by atoms with E-state index in [1.807, 2.05) is 18.3 Å². The molecule has 2 aromatic heterocycles. The number of hydrogen-bond acceptors (Lipinski definition) is 2. The van der Waals surface area contributed by atoms with Crippen molar-refractivity contribution in [3.05, 3.63) is 97.7 Å². The predicted molar refractivity (Wildman–Crippen MR) is 161 cm³/mol. The molecule has 0 aliphatic heterocycles. The number of hydrogen-bond donors (Lipinski definition) is 0. The first-order valence-electron chi connectivity index (χ1n) is 12.4. The molecule has 2 heterocycles. The second-order valence-corrected chi connectivity index (χ2v) is 10.5. The second-order valence-electron chi connectivity index (χ2n) is 9.39. The van der Waals surface area contributed by atoms with Gasteiger partial charge in [-0.1, -0.05) is 61.2 Å². The number of rotatable bonds is 1. The number of aromatic nitrogens is 1. The Labute approximate surface area is 217 Å². The van der Waals surface area contributed by atoms with Crippen LogP contribution in [0.25, 0.3) is 75.0 Å². The lowest BCUT2D eigenvalue weighted by atomic mass is 9.92. The van der Waals surface area contributed by atoms with Gasteiger partial charge in [0.1, 0.15) is 0 Å². The highest BCUT2D eigenvalue weighted by molar-refractivity contribution is 7.25. The van der Waals surface area contributed by atoms with Crippen molar-refractivity contribution >= 4 is 76.3 Å². The highest BCUT2D eigenvalue weighted by Crippen LogP contribution is 2.51. The van der Waals surface area contributed by atoms with Crippen molar-refractivity contribution < 1.29 is 0 Å². The van der Waals surface area contributed by atoms with Crippen LogP contribution in [0.3, 0.4) is 0 Å². The normalized spacial score (nSPS) is 13.2. The van der Waals surface area contributed by atoms with Gasteiger partial charge in [0.25, 0.3) is 0 Å². The summed E-state index contributed by atoms with van der Waals surface area (Å²) in [7, 11) is 0. The third-order valence-electron chi connectivity index (χ3n) is 7.55. The summed E-state index contributed by atoms with van der Waals surface area (Å²) in [5, 5.41) is 7.68. The van der Waals surface area contributed by atoms with Crippen molar-refractivity contribution in [2.24, 2.45) is 9.98 Å². The van der Waals surface area contributed by atoms with Crippen molar-refractivity contribution in [3.63, 3.8) is 0 Å². The van der Waals surface area contributed by atoms with Gasteiger partial charge in [0, 0.05) is 43.4 Å². The molecule has 0 radical (unpaired) electrons. The lowest BCUT2D eigenvalue weighted by molar-refractivity contribution is 1.22. The second kappa shape index (κ2) is 7.48. The first kappa shape index (κ1) is 20.6. The van der Waals surface area contributed by atoms with E-state index in [9.17, 15) is 0 Å². The van der Waals surface area contributed by atoms with Crippen LogP contribution < -0.4 is 0 Å². The van der Waals surface area contributed by atoms with Gasteiger partial charge in [-0.3, -0.25) is 4.57 Å². The molecule has 0 bridgehead atoms. The number of fused-ring (bicyclic) bond motifs is 6. The van der Waals surface area contributed by atoms with Crippen LogP contribution in [-0.4, -0.2) is 16.7 Å². The smallest absolute Gasteiger partial charge is 0.234 e. The van der Waals surface area contributed by atoms with Gasteiger partial charge in [-0.2, -0.15) is 0 Å². The summed E-state index contributed by atoms with van der Waals surface area (Å²) in [6, 6.07) is 31.3. The summed E-state index contributed by atoms with van der Waals surface area (Å²) in [6.07, 6.45) is 3.35. The van der Waals surface area contributed by atoms with E-state index in [2.05, 4.69) is 106 Å². The van der Waals surface area contributed by atoms with Crippen molar-refractivity contribution in [2.75, 3.05) is 0 Å². The van der Waals surface area contributed by atoms with Gasteiger partial charge < -0.3 is 0 Å². The molecule has 1 aliphatic rings. The first-order valence-corrected chi connectivity index (χ1v) is 13.2. The van der Waals surface area contributed by atoms with E-state index < -0.39 is 0 Å². The molecule has 1 aliphatic carbocycles. The van der Waals surface area contributed by atoms with Crippen molar-refractivity contribution in [1.29, 1.82) is 0 Å². The topological polar surface area (TPSA) is 29.6 Å². The Morgan fingerprint density at radius 2 is 1.51 bits per heavy atom. The number of aliphatic imine (C=N–C) groups is 2. The largest absolute Gasteiger partial charge is 0.278 e. The molecule has 0 atom stereocenters. The Morgan fingerprint density at radius 1 is 0.730 bits per heavy atom. The molecule has 37 heavy (non-hydrogen) atoms. The van der Waals surface area contributed by atoms with E-state index in [4.69, 9.17) is 0 Å². The van der Waals surface area contributed by atoms with Gasteiger partial charge in [-0.05, 0) is 70.3 Å². The van der Waals surface area contributed by atoms with Gasteiger partial charge in [0.05, 0.1) is 11.0 Å². The monoisotopic (exact) mass is 491 g/mol. The Balaban J connectivity index is 1.63. The summed E-state index contributed by atoms with van der Waals surface area (Å²) in [4.78, 5) is 9.20. The van der Waals surface area contributed by atoms with Crippen molar-refractivity contribution in [2.45, 2.75) is 6.92 Å². The third kappa shape index (κ3) is 2.65. The van der Waals surface area contributed by atoms with Gasteiger partial charge >= 0.3 is 0 Å². The molecule has 174 valence electrons. The fraction of sp³-hybridized carbons (Fsp3) is 0.0303. The van der Waals surface area contributed by atoms with E-state index >= 15 is 0 Å². The molecule has 3 nitrogen and oxygen atoms in total. The highest BCUT2D eigenvalue weighted by atomic mass is 32.1. The Bertz CT molecular complexity index is 2170. The molecule has 0 amide bonds. The van der Waals surface area contributed by atoms with Crippen LogP contribution in [-0.2, 0) is 0 Å². The van der Waals surface area contributed by atoms with Crippen LogP contribution in [0.15, 0.2) is 108 Å². The van der Waals surface area contributed by atoms with E-state index in [0.717, 1.165) is 11.0 Å². The number of nitrogens with zero attached hydrogens (tertiary/aromatic N) is 3. The average Bonchev–Trinajstić information content (AvgIpc) is 3.43. The molecule has 0 saturated carbocycles. The minimum atomic E-state index is 0.618. The van der Waals surface area contributed by atoms with Crippen LogP contribution in [0.5, 0.6) is 0 Å². The SMILES string of the molecule is C=C/N=C(\N=C/C)n1c2cccc3c2c2c4c(cccc4ccc21)-c1cc2c(cc1-3)sc1ccccc12. The van der Waals surface area contributed by atoms with Crippen LogP contribution >= 0.6 is 11.3 Å². The summed E-state index contributed by atoms with van der Waals surface area (Å²) in [6.45, 7) is 5.77. The van der Waals surface area contributed by atoms with Crippen molar-refractivity contribution in [3.8, 4) is 22.3 Å². The zero-order chi connectivity index (χ0) is 24.7. The lowest BCUT2D eigenvalue weighted by Gasteiger charge is -2.14. The molecule has 4 heteroatoms. The number of thiophene rings is 1.